The van der Waals surface area contributed by atoms with Crippen LogP contribution in [-0.4, -0.2) is 54.3 Å². The smallest absolute Gasteiger partial charge is 0.222 e. The highest BCUT2D eigenvalue weighted by Gasteiger charge is 2.44. The highest BCUT2D eigenvalue weighted by molar-refractivity contribution is 5.79. The molecule has 2 heterocycles. The van der Waals surface area contributed by atoms with Crippen molar-refractivity contribution in [2.45, 2.75) is 57.9 Å². The van der Waals surface area contributed by atoms with E-state index in [4.69, 9.17) is 0 Å². The second-order valence-corrected chi connectivity index (χ2v) is 8.95. The van der Waals surface area contributed by atoms with Crippen LogP contribution in [0.1, 0.15) is 56.1 Å². The monoisotopic (exact) mass is 383 g/mol. The normalized spacial score (nSPS) is 20.6. The van der Waals surface area contributed by atoms with Gasteiger partial charge in [-0.05, 0) is 62.7 Å². The second-order valence-electron chi connectivity index (χ2n) is 8.95. The summed E-state index contributed by atoms with van der Waals surface area (Å²) in [5.41, 5.74) is 2.94. The number of hydrogen-bond donors (Lipinski definition) is 1. The Morgan fingerprint density at radius 2 is 1.75 bits per heavy atom. The summed E-state index contributed by atoms with van der Waals surface area (Å²) in [6.07, 6.45) is 7.60. The van der Waals surface area contributed by atoms with Gasteiger partial charge in [-0.2, -0.15) is 0 Å². The summed E-state index contributed by atoms with van der Waals surface area (Å²) in [5.74, 6) is 0.277. The Bertz CT molecular complexity index is 708. The van der Waals surface area contributed by atoms with Gasteiger partial charge in [-0.1, -0.05) is 24.3 Å². The topological polar surface area (TPSA) is 52.7 Å². The maximum absolute atomic E-state index is 12.5. The molecule has 5 heteroatoms. The van der Waals surface area contributed by atoms with Gasteiger partial charge < -0.3 is 15.1 Å². The van der Waals surface area contributed by atoms with Crippen LogP contribution in [0.3, 0.4) is 0 Å². The van der Waals surface area contributed by atoms with Gasteiger partial charge in [0.25, 0.3) is 0 Å². The highest BCUT2D eigenvalue weighted by atomic mass is 16.2. The molecule has 1 saturated heterocycles. The zero-order chi connectivity index (χ0) is 19.4. The van der Waals surface area contributed by atoms with Crippen LogP contribution in [0.15, 0.2) is 24.3 Å². The predicted octanol–water partition coefficient (Wildman–Crippen LogP) is 2.73. The lowest BCUT2D eigenvalue weighted by molar-refractivity contribution is -0.132. The minimum atomic E-state index is 0.101. The maximum Gasteiger partial charge on any atom is 0.222 e. The summed E-state index contributed by atoms with van der Waals surface area (Å²) < 4.78 is 0. The Balaban J connectivity index is 1.13. The first kappa shape index (κ1) is 19.4. The Hall–Kier alpha value is -1.88. The third-order valence-corrected chi connectivity index (χ3v) is 6.65. The van der Waals surface area contributed by atoms with Crippen LogP contribution in [-0.2, 0) is 22.6 Å². The van der Waals surface area contributed by atoms with Crippen LogP contribution < -0.4 is 5.32 Å². The molecule has 0 unspecified atom stereocenters. The summed E-state index contributed by atoms with van der Waals surface area (Å²) in [7, 11) is 0. The van der Waals surface area contributed by atoms with E-state index in [1.807, 2.05) is 11.0 Å². The van der Waals surface area contributed by atoms with Gasteiger partial charge in [-0.25, -0.2) is 0 Å². The quantitative estimate of drug-likeness (QED) is 0.751. The molecule has 1 N–H and O–H groups in total. The van der Waals surface area contributed by atoms with E-state index in [-0.39, 0.29) is 11.8 Å². The van der Waals surface area contributed by atoms with E-state index in [1.54, 1.807) is 0 Å². The average molecular weight is 384 g/mol. The number of amides is 2. The van der Waals surface area contributed by atoms with Crippen molar-refractivity contribution >= 4 is 11.8 Å². The molecule has 0 aromatic heterocycles. The van der Waals surface area contributed by atoms with E-state index >= 15 is 0 Å². The van der Waals surface area contributed by atoms with E-state index in [0.717, 1.165) is 26.1 Å². The van der Waals surface area contributed by atoms with Gasteiger partial charge in [0.15, 0.2) is 0 Å². The van der Waals surface area contributed by atoms with E-state index in [1.165, 1.54) is 49.9 Å². The van der Waals surface area contributed by atoms with Gasteiger partial charge >= 0.3 is 0 Å². The number of rotatable bonds is 8. The molecule has 1 aromatic carbocycles. The van der Waals surface area contributed by atoms with Gasteiger partial charge in [0.1, 0.15) is 0 Å². The molecule has 0 spiro atoms. The van der Waals surface area contributed by atoms with E-state index < -0.39 is 0 Å². The Morgan fingerprint density at radius 1 is 1.00 bits per heavy atom. The summed E-state index contributed by atoms with van der Waals surface area (Å²) in [6.45, 7) is 5.89. The van der Waals surface area contributed by atoms with E-state index in [2.05, 4.69) is 28.4 Å². The lowest BCUT2D eigenvalue weighted by atomic mass is 9.99. The Morgan fingerprint density at radius 3 is 2.50 bits per heavy atom. The van der Waals surface area contributed by atoms with Gasteiger partial charge in [-0.15, -0.1) is 0 Å². The molecule has 2 fully saturated rings. The molecule has 0 atom stereocenters. The van der Waals surface area contributed by atoms with Crippen LogP contribution in [0.5, 0.6) is 0 Å². The summed E-state index contributed by atoms with van der Waals surface area (Å²) in [6, 6.07) is 8.36. The molecule has 1 aromatic rings. The first-order valence-electron chi connectivity index (χ1n) is 11.0. The molecule has 2 amide bonds. The summed E-state index contributed by atoms with van der Waals surface area (Å²) in [5, 5.41) is 3.14. The number of carbonyl (C=O) groups is 2. The molecular formula is C23H33N3O2. The summed E-state index contributed by atoms with van der Waals surface area (Å²) >= 11 is 0. The van der Waals surface area contributed by atoms with Crippen molar-refractivity contribution in [3.63, 3.8) is 0 Å². The van der Waals surface area contributed by atoms with Crippen LogP contribution in [0.4, 0.5) is 0 Å². The predicted molar refractivity (Wildman–Crippen MR) is 110 cm³/mol. The molecule has 4 rings (SSSR count). The lowest BCUT2D eigenvalue weighted by Gasteiger charge is -2.29. The molecule has 152 valence electrons. The largest absolute Gasteiger partial charge is 0.355 e. The Labute approximate surface area is 168 Å². The number of likely N-dealkylation sites (tertiary alicyclic amines) is 1. The number of fused-ring (bicyclic) bond motifs is 1. The minimum absolute atomic E-state index is 0.101. The lowest BCUT2D eigenvalue weighted by Crippen LogP contribution is -2.37. The van der Waals surface area contributed by atoms with Crippen molar-refractivity contribution in [2.24, 2.45) is 5.41 Å². The molecule has 3 aliphatic rings. The van der Waals surface area contributed by atoms with Crippen molar-refractivity contribution in [3.05, 3.63) is 35.4 Å². The molecule has 0 bridgehead atoms. The van der Waals surface area contributed by atoms with Crippen LogP contribution in [0.25, 0.3) is 0 Å². The molecular weight excluding hydrogens is 350 g/mol. The van der Waals surface area contributed by atoms with E-state index in [0.29, 0.717) is 31.2 Å². The van der Waals surface area contributed by atoms with Crippen molar-refractivity contribution in [3.8, 4) is 0 Å². The number of nitrogens with one attached hydrogen (secondary N) is 1. The first-order chi connectivity index (χ1) is 13.6. The fraction of sp³-hybridized carbons (Fsp3) is 0.652. The third kappa shape index (κ3) is 4.93. The number of nitrogens with zero attached hydrogens (tertiary/aromatic N) is 2. The molecule has 5 nitrogen and oxygen atoms in total. The fourth-order valence-corrected chi connectivity index (χ4v) is 4.62. The van der Waals surface area contributed by atoms with Gasteiger partial charge in [0.05, 0.1) is 0 Å². The number of carbonyl (C=O) groups excluding carboxylic acids is 2. The Kier molecular flexibility index (Phi) is 6.00. The molecule has 1 aliphatic carbocycles. The average Bonchev–Trinajstić information content (AvgIpc) is 3.28. The number of hydrogen-bond acceptors (Lipinski definition) is 3. The fourth-order valence-electron chi connectivity index (χ4n) is 4.62. The van der Waals surface area contributed by atoms with Gasteiger partial charge in [0, 0.05) is 44.4 Å². The standard InChI is InChI=1S/C23H33N3O2/c27-21(24-17-23(11-12-23)18-25-13-3-4-14-25)8-5-9-22(28)26-15-10-19-6-1-2-7-20(19)16-26/h1-2,6-7H,3-5,8-18H2,(H,24,27). The van der Waals surface area contributed by atoms with Crippen LogP contribution in [0, 0.1) is 5.41 Å². The maximum atomic E-state index is 12.5. The van der Waals surface area contributed by atoms with Crippen molar-refractivity contribution in [1.29, 1.82) is 0 Å². The minimum Gasteiger partial charge on any atom is -0.355 e. The second kappa shape index (κ2) is 8.64. The van der Waals surface area contributed by atoms with Crippen molar-refractivity contribution in [2.75, 3.05) is 32.7 Å². The van der Waals surface area contributed by atoms with Crippen LogP contribution in [0.2, 0.25) is 0 Å². The third-order valence-electron chi connectivity index (χ3n) is 6.65. The highest BCUT2D eigenvalue weighted by Crippen LogP contribution is 2.46. The zero-order valence-corrected chi connectivity index (χ0v) is 16.9. The number of benzene rings is 1. The van der Waals surface area contributed by atoms with Crippen molar-refractivity contribution < 1.29 is 9.59 Å². The van der Waals surface area contributed by atoms with Gasteiger partial charge in [0.2, 0.25) is 11.8 Å². The van der Waals surface area contributed by atoms with Crippen molar-refractivity contribution in [1.82, 2.24) is 15.1 Å². The van der Waals surface area contributed by atoms with E-state index in [9.17, 15) is 9.59 Å². The molecule has 28 heavy (non-hydrogen) atoms. The molecule has 2 aliphatic heterocycles. The van der Waals surface area contributed by atoms with Gasteiger partial charge in [-0.3, -0.25) is 9.59 Å². The molecule has 1 saturated carbocycles. The summed E-state index contributed by atoms with van der Waals surface area (Å²) in [4.78, 5) is 29.2. The van der Waals surface area contributed by atoms with Crippen LogP contribution >= 0.6 is 0 Å². The molecule has 0 radical (unpaired) electrons. The first-order valence-corrected chi connectivity index (χ1v) is 11.0. The SMILES string of the molecule is O=C(CCCC(=O)N1CCc2ccccc2C1)NCC1(CN2CCCC2)CC1. The zero-order valence-electron chi connectivity index (χ0n) is 16.9.